The normalized spacial score (nSPS) is 35.2. The Morgan fingerprint density at radius 2 is 1.75 bits per heavy atom. The van der Waals surface area contributed by atoms with Gasteiger partial charge in [0.1, 0.15) is 0 Å². The van der Waals surface area contributed by atoms with E-state index in [0.717, 1.165) is 31.3 Å². The molecule has 0 N–H and O–H groups in total. The first-order valence-electron chi connectivity index (χ1n) is 8.85. The molecule has 0 radical (unpaired) electrons. The Balaban J connectivity index is 1.59. The van der Waals surface area contributed by atoms with Crippen LogP contribution < -0.4 is 0 Å². The van der Waals surface area contributed by atoms with E-state index >= 15 is 0 Å². The van der Waals surface area contributed by atoms with Crippen LogP contribution in [0.25, 0.3) is 0 Å². The summed E-state index contributed by atoms with van der Waals surface area (Å²) >= 11 is 0. The molecule has 2 aliphatic carbocycles. The molecule has 0 amide bonds. The van der Waals surface area contributed by atoms with Gasteiger partial charge in [-0.3, -0.25) is 9.69 Å². The van der Waals surface area contributed by atoms with Gasteiger partial charge in [0, 0.05) is 6.42 Å². The summed E-state index contributed by atoms with van der Waals surface area (Å²) in [6.45, 7) is 6.59. The minimum atomic E-state index is -0.230. The summed E-state index contributed by atoms with van der Waals surface area (Å²) in [5.74, 6) is 3.06. The number of nitrogens with zero attached hydrogens (tertiary/aromatic N) is 1. The predicted octanol–water partition coefficient (Wildman–Crippen LogP) is 4.04. The predicted molar refractivity (Wildman–Crippen MR) is 82.7 cm³/mol. The molecule has 2 bridgehead atoms. The van der Waals surface area contributed by atoms with E-state index in [2.05, 4.69) is 18.7 Å². The van der Waals surface area contributed by atoms with Crippen LogP contribution in [-0.2, 0) is 4.79 Å². The first kappa shape index (κ1) is 14.6. The lowest BCUT2D eigenvalue weighted by Crippen LogP contribution is -2.51. The molecule has 1 saturated heterocycles. The smallest absolute Gasteiger partial charge is 0.152 e. The van der Waals surface area contributed by atoms with E-state index in [1.54, 1.807) is 0 Å². The molecule has 0 aromatic rings. The maximum atomic E-state index is 12.9. The zero-order chi connectivity index (χ0) is 14.2. The highest BCUT2D eigenvalue weighted by Crippen LogP contribution is 2.50. The second kappa shape index (κ2) is 5.79. The Labute approximate surface area is 124 Å². The van der Waals surface area contributed by atoms with Crippen LogP contribution in [-0.4, -0.2) is 29.3 Å². The van der Waals surface area contributed by atoms with E-state index in [4.69, 9.17) is 0 Å². The fourth-order valence-electron chi connectivity index (χ4n) is 4.92. The molecule has 1 heterocycles. The van der Waals surface area contributed by atoms with Gasteiger partial charge >= 0.3 is 0 Å². The maximum absolute atomic E-state index is 12.9. The fourth-order valence-corrected chi connectivity index (χ4v) is 4.92. The lowest BCUT2D eigenvalue weighted by atomic mass is 9.81. The summed E-state index contributed by atoms with van der Waals surface area (Å²) < 4.78 is 0. The summed E-state index contributed by atoms with van der Waals surface area (Å²) in [7, 11) is 0. The van der Waals surface area contributed by atoms with Crippen molar-refractivity contribution in [1.82, 2.24) is 4.90 Å². The SMILES string of the molecule is CC(C)(C(=O)CC1CC2CCC1C2)N1CCCCCC1. The van der Waals surface area contributed by atoms with Crippen molar-refractivity contribution in [3.8, 4) is 0 Å². The molecule has 2 nitrogen and oxygen atoms in total. The summed E-state index contributed by atoms with van der Waals surface area (Å²) in [5, 5.41) is 0. The Bertz CT molecular complexity index is 354. The van der Waals surface area contributed by atoms with Crippen LogP contribution in [0.2, 0.25) is 0 Å². The third-order valence-corrected chi connectivity index (χ3v) is 6.41. The molecule has 3 aliphatic rings. The molecule has 20 heavy (non-hydrogen) atoms. The first-order chi connectivity index (χ1) is 9.57. The number of Topliss-reactive ketones (excluding diaryl/α,β-unsaturated/α-hetero) is 1. The summed E-state index contributed by atoms with van der Waals surface area (Å²) in [5.41, 5.74) is -0.230. The van der Waals surface area contributed by atoms with Gasteiger partial charge in [-0.25, -0.2) is 0 Å². The van der Waals surface area contributed by atoms with E-state index in [1.807, 2.05) is 0 Å². The molecule has 0 aromatic carbocycles. The van der Waals surface area contributed by atoms with E-state index in [-0.39, 0.29) is 5.54 Å². The van der Waals surface area contributed by atoms with Crippen LogP contribution in [0.1, 0.15) is 71.6 Å². The number of carbonyl (C=O) groups is 1. The van der Waals surface area contributed by atoms with Crippen molar-refractivity contribution in [2.24, 2.45) is 17.8 Å². The number of carbonyl (C=O) groups excluding carboxylic acids is 1. The standard InChI is InChI=1S/C18H31NO/c1-18(2,19-9-5-3-4-6-10-19)17(20)13-16-12-14-7-8-15(16)11-14/h14-16H,3-13H2,1-2H3. The quantitative estimate of drug-likeness (QED) is 0.773. The van der Waals surface area contributed by atoms with Crippen molar-refractivity contribution < 1.29 is 4.79 Å². The molecule has 3 unspecified atom stereocenters. The first-order valence-corrected chi connectivity index (χ1v) is 8.85. The molecular weight excluding hydrogens is 246 g/mol. The summed E-state index contributed by atoms with van der Waals surface area (Å²) in [6, 6.07) is 0. The topological polar surface area (TPSA) is 20.3 Å². The lowest BCUT2D eigenvalue weighted by molar-refractivity contribution is -0.130. The van der Waals surface area contributed by atoms with Gasteiger partial charge in [-0.15, -0.1) is 0 Å². The van der Waals surface area contributed by atoms with Crippen LogP contribution in [0.5, 0.6) is 0 Å². The molecule has 2 saturated carbocycles. The minimum Gasteiger partial charge on any atom is -0.298 e. The van der Waals surface area contributed by atoms with Gasteiger partial charge in [-0.2, -0.15) is 0 Å². The van der Waals surface area contributed by atoms with E-state index in [1.165, 1.54) is 51.4 Å². The van der Waals surface area contributed by atoms with Gasteiger partial charge in [-0.1, -0.05) is 19.3 Å². The zero-order valence-electron chi connectivity index (χ0n) is 13.4. The third-order valence-electron chi connectivity index (χ3n) is 6.41. The van der Waals surface area contributed by atoms with Gasteiger partial charge in [-0.05, 0) is 76.8 Å². The number of rotatable bonds is 4. The highest BCUT2D eigenvalue weighted by atomic mass is 16.1. The molecule has 3 atom stereocenters. The highest BCUT2D eigenvalue weighted by molar-refractivity contribution is 5.87. The van der Waals surface area contributed by atoms with Crippen LogP contribution in [0.15, 0.2) is 0 Å². The van der Waals surface area contributed by atoms with Crippen LogP contribution in [0.4, 0.5) is 0 Å². The second-order valence-corrected chi connectivity index (χ2v) is 8.02. The third kappa shape index (κ3) is 2.81. The van der Waals surface area contributed by atoms with Crippen LogP contribution in [0.3, 0.4) is 0 Å². The van der Waals surface area contributed by atoms with Gasteiger partial charge < -0.3 is 0 Å². The molecule has 0 aromatic heterocycles. The Kier molecular flexibility index (Phi) is 4.21. The van der Waals surface area contributed by atoms with Crippen molar-refractivity contribution in [3.63, 3.8) is 0 Å². The lowest BCUT2D eigenvalue weighted by Gasteiger charge is -2.38. The average Bonchev–Trinajstić information content (AvgIpc) is 2.91. The number of fused-ring (bicyclic) bond motifs is 2. The Morgan fingerprint density at radius 3 is 2.30 bits per heavy atom. The monoisotopic (exact) mass is 277 g/mol. The van der Waals surface area contributed by atoms with Crippen molar-refractivity contribution in [2.45, 2.75) is 77.2 Å². The molecule has 3 rings (SSSR count). The van der Waals surface area contributed by atoms with Crippen LogP contribution >= 0.6 is 0 Å². The Morgan fingerprint density at radius 1 is 1.05 bits per heavy atom. The van der Waals surface area contributed by atoms with Gasteiger partial charge in [0.2, 0.25) is 0 Å². The van der Waals surface area contributed by atoms with Gasteiger partial charge in [0.25, 0.3) is 0 Å². The molecule has 0 spiro atoms. The van der Waals surface area contributed by atoms with Crippen molar-refractivity contribution in [2.75, 3.05) is 13.1 Å². The number of hydrogen-bond donors (Lipinski definition) is 0. The number of ketones is 1. The number of likely N-dealkylation sites (tertiary alicyclic amines) is 1. The fraction of sp³-hybridized carbons (Fsp3) is 0.944. The van der Waals surface area contributed by atoms with E-state index in [9.17, 15) is 4.79 Å². The highest BCUT2D eigenvalue weighted by Gasteiger charge is 2.43. The van der Waals surface area contributed by atoms with Crippen molar-refractivity contribution >= 4 is 5.78 Å². The van der Waals surface area contributed by atoms with Gasteiger partial charge in [0.15, 0.2) is 5.78 Å². The maximum Gasteiger partial charge on any atom is 0.152 e. The molecular formula is C18H31NO. The largest absolute Gasteiger partial charge is 0.298 e. The van der Waals surface area contributed by atoms with Crippen molar-refractivity contribution in [3.05, 3.63) is 0 Å². The second-order valence-electron chi connectivity index (χ2n) is 8.02. The minimum absolute atomic E-state index is 0.230. The summed E-state index contributed by atoms with van der Waals surface area (Å²) in [6.07, 6.45) is 11.7. The van der Waals surface area contributed by atoms with Gasteiger partial charge in [0.05, 0.1) is 5.54 Å². The summed E-state index contributed by atoms with van der Waals surface area (Å²) in [4.78, 5) is 15.3. The Hall–Kier alpha value is -0.370. The molecule has 114 valence electrons. The number of hydrogen-bond acceptors (Lipinski definition) is 2. The van der Waals surface area contributed by atoms with Crippen molar-refractivity contribution in [1.29, 1.82) is 0 Å². The van der Waals surface area contributed by atoms with E-state index < -0.39 is 0 Å². The molecule has 1 aliphatic heterocycles. The average molecular weight is 277 g/mol. The molecule has 3 fully saturated rings. The molecule has 2 heteroatoms. The van der Waals surface area contributed by atoms with E-state index in [0.29, 0.717) is 11.7 Å². The zero-order valence-corrected chi connectivity index (χ0v) is 13.4. The van der Waals surface area contributed by atoms with Crippen LogP contribution in [0, 0.1) is 17.8 Å².